The minimum absolute atomic E-state index is 0.0289. The number of hydrogen-bond acceptors (Lipinski definition) is 4. The predicted octanol–water partition coefficient (Wildman–Crippen LogP) is -0.0998. The molecule has 0 saturated carbocycles. The van der Waals surface area contributed by atoms with Crippen molar-refractivity contribution >= 4 is 16.8 Å². The Balaban J connectivity index is 1.83. The molecule has 0 aliphatic carbocycles. The van der Waals surface area contributed by atoms with E-state index >= 15 is 0 Å². The number of fused-ring (bicyclic) bond motifs is 1. The van der Waals surface area contributed by atoms with Gasteiger partial charge in [0.15, 0.2) is 0 Å². The zero-order chi connectivity index (χ0) is 16.4. The SMILES string of the molecule is CC1CNCCN1C(=O)CCn1c(=O)[nH]c(=O)c2ccccc21. The van der Waals surface area contributed by atoms with Crippen LogP contribution in [0.3, 0.4) is 0 Å². The van der Waals surface area contributed by atoms with E-state index in [1.54, 1.807) is 24.3 Å². The van der Waals surface area contributed by atoms with Crippen molar-refractivity contribution in [2.24, 2.45) is 0 Å². The first-order chi connectivity index (χ1) is 11.1. The lowest BCUT2D eigenvalue weighted by Crippen LogP contribution is -2.52. The number of aromatic amines is 1. The zero-order valence-electron chi connectivity index (χ0n) is 13.0. The predicted molar refractivity (Wildman–Crippen MR) is 87.5 cm³/mol. The molecule has 1 unspecified atom stereocenters. The fourth-order valence-electron chi connectivity index (χ4n) is 3.03. The normalized spacial score (nSPS) is 18.3. The second kappa shape index (κ2) is 6.37. The largest absolute Gasteiger partial charge is 0.337 e. The van der Waals surface area contributed by atoms with Crippen molar-refractivity contribution < 1.29 is 4.79 Å². The van der Waals surface area contributed by atoms with Gasteiger partial charge in [-0.15, -0.1) is 0 Å². The van der Waals surface area contributed by atoms with Crippen molar-refractivity contribution in [2.45, 2.75) is 25.9 Å². The molecular weight excluding hydrogens is 296 g/mol. The van der Waals surface area contributed by atoms with Crippen molar-refractivity contribution in [3.63, 3.8) is 0 Å². The maximum Gasteiger partial charge on any atom is 0.328 e. The number of H-pyrrole nitrogens is 1. The Morgan fingerprint density at radius 1 is 1.30 bits per heavy atom. The quantitative estimate of drug-likeness (QED) is 0.828. The highest BCUT2D eigenvalue weighted by atomic mass is 16.2. The van der Waals surface area contributed by atoms with Crippen molar-refractivity contribution in [1.29, 1.82) is 0 Å². The van der Waals surface area contributed by atoms with Crippen LogP contribution in [-0.4, -0.2) is 46.0 Å². The molecule has 1 aliphatic rings. The van der Waals surface area contributed by atoms with Crippen LogP contribution in [-0.2, 0) is 11.3 Å². The number of rotatable bonds is 3. The Bertz CT molecular complexity index is 839. The third-order valence-electron chi connectivity index (χ3n) is 4.28. The van der Waals surface area contributed by atoms with Crippen LogP contribution in [0.25, 0.3) is 10.9 Å². The highest BCUT2D eigenvalue weighted by Gasteiger charge is 2.22. The van der Waals surface area contributed by atoms with Gasteiger partial charge in [-0.25, -0.2) is 4.79 Å². The molecule has 7 nitrogen and oxygen atoms in total. The minimum atomic E-state index is -0.477. The van der Waals surface area contributed by atoms with E-state index in [4.69, 9.17) is 0 Å². The van der Waals surface area contributed by atoms with E-state index in [-0.39, 0.29) is 24.9 Å². The minimum Gasteiger partial charge on any atom is -0.337 e. The van der Waals surface area contributed by atoms with Crippen LogP contribution in [0.5, 0.6) is 0 Å². The Morgan fingerprint density at radius 2 is 2.09 bits per heavy atom. The monoisotopic (exact) mass is 316 g/mol. The lowest BCUT2D eigenvalue weighted by molar-refractivity contribution is -0.134. The molecule has 7 heteroatoms. The highest BCUT2D eigenvalue weighted by molar-refractivity contribution is 5.79. The van der Waals surface area contributed by atoms with Gasteiger partial charge in [-0.2, -0.15) is 0 Å². The maximum atomic E-state index is 12.4. The van der Waals surface area contributed by atoms with E-state index in [0.29, 0.717) is 17.4 Å². The molecule has 122 valence electrons. The number of piperazine rings is 1. The maximum absolute atomic E-state index is 12.4. The molecule has 2 heterocycles. The van der Waals surface area contributed by atoms with Gasteiger partial charge in [0.1, 0.15) is 0 Å². The number of carbonyl (C=O) groups is 1. The number of nitrogens with zero attached hydrogens (tertiary/aromatic N) is 2. The average Bonchev–Trinajstić information content (AvgIpc) is 2.55. The van der Waals surface area contributed by atoms with Crippen LogP contribution in [0.2, 0.25) is 0 Å². The van der Waals surface area contributed by atoms with Gasteiger partial charge in [0, 0.05) is 38.6 Å². The summed E-state index contributed by atoms with van der Waals surface area (Å²) in [5.74, 6) is 0.0289. The molecule has 1 aromatic carbocycles. The molecule has 1 aromatic heterocycles. The summed E-state index contributed by atoms with van der Waals surface area (Å²) in [6.45, 7) is 4.52. The van der Waals surface area contributed by atoms with Crippen molar-refractivity contribution in [1.82, 2.24) is 19.8 Å². The Morgan fingerprint density at radius 3 is 2.87 bits per heavy atom. The molecule has 2 N–H and O–H groups in total. The summed E-state index contributed by atoms with van der Waals surface area (Å²) < 4.78 is 1.46. The summed E-state index contributed by atoms with van der Waals surface area (Å²) in [7, 11) is 0. The van der Waals surface area contributed by atoms with Gasteiger partial charge in [-0.05, 0) is 19.1 Å². The number of aryl methyl sites for hydroxylation is 1. The van der Waals surface area contributed by atoms with Crippen LogP contribution in [0.4, 0.5) is 0 Å². The Hall–Kier alpha value is -2.41. The number of amides is 1. The van der Waals surface area contributed by atoms with Crippen LogP contribution in [0, 0.1) is 0 Å². The van der Waals surface area contributed by atoms with Crippen LogP contribution in [0.1, 0.15) is 13.3 Å². The second-order valence-electron chi connectivity index (χ2n) is 5.82. The molecule has 1 saturated heterocycles. The Labute approximate surface area is 132 Å². The summed E-state index contributed by atoms with van der Waals surface area (Å²) in [6, 6.07) is 7.08. The first-order valence-electron chi connectivity index (χ1n) is 7.80. The first-order valence-corrected chi connectivity index (χ1v) is 7.80. The summed E-state index contributed by atoms with van der Waals surface area (Å²) in [5, 5.41) is 3.70. The summed E-state index contributed by atoms with van der Waals surface area (Å²) in [5.41, 5.74) is -0.318. The van der Waals surface area contributed by atoms with Gasteiger partial charge in [-0.1, -0.05) is 12.1 Å². The number of aromatic nitrogens is 2. The number of para-hydroxylation sites is 1. The smallest absolute Gasteiger partial charge is 0.328 e. The average molecular weight is 316 g/mol. The summed E-state index contributed by atoms with van der Waals surface area (Å²) in [6.07, 6.45) is 0.236. The van der Waals surface area contributed by atoms with E-state index in [2.05, 4.69) is 10.3 Å². The van der Waals surface area contributed by atoms with Gasteiger partial charge < -0.3 is 10.2 Å². The molecule has 1 aliphatic heterocycles. The lowest BCUT2D eigenvalue weighted by atomic mass is 10.2. The van der Waals surface area contributed by atoms with E-state index in [1.165, 1.54) is 4.57 Å². The third-order valence-corrected chi connectivity index (χ3v) is 4.28. The summed E-state index contributed by atoms with van der Waals surface area (Å²) in [4.78, 5) is 40.5. The van der Waals surface area contributed by atoms with Gasteiger partial charge >= 0.3 is 5.69 Å². The third kappa shape index (κ3) is 3.05. The van der Waals surface area contributed by atoms with Crippen LogP contribution < -0.4 is 16.6 Å². The number of carbonyl (C=O) groups excluding carboxylic acids is 1. The topological polar surface area (TPSA) is 87.2 Å². The Kier molecular flexibility index (Phi) is 4.29. The van der Waals surface area contributed by atoms with E-state index in [1.807, 2.05) is 11.8 Å². The molecule has 1 atom stereocenters. The van der Waals surface area contributed by atoms with E-state index in [9.17, 15) is 14.4 Å². The molecule has 23 heavy (non-hydrogen) atoms. The van der Waals surface area contributed by atoms with Gasteiger partial charge in [0.2, 0.25) is 5.91 Å². The molecule has 1 amide bonds. The van der Waals surface area contributed by atoms with Crippen LogP contribution in [0.15, 0.2) is 33.9 Å². The van der Waals surface area contributed by atoms with Crippen molar-refractivity contribution in [2.75, 3.05) is 19.6 Å². The zero-order valence-corrected chi connectivity index (χ0v) is 13.0. The van der Waals surface area contributed by atoms with Gasteiger partial charge in [0.05, 0.1) is 10.9 Å². The van der Waals surface area contributed by atoms with Gasteiger partial charge in [-0.3, -0.25) is 19.1 Å². The molecule has 0 spiro atoms. The fraction of sp³-hybridized carbons (Fsp3) is 0.438. The molecule has 2 aromatic rings. The molecule has 0 bridgehead atoms. The standard InChI is InChI=1S/C16H20N4O3/c1-11-10-17-7-9-19(11)14(21)6-8-20-13-5-3-2-4-12(13)15(22)18-16(20)23/h2-5,11,17H,6-10H2,1H3,(H,18,22,23). The molecule has 1 fully saturated rings. The molecular formula is C16H20N4O3. The van der Waals surface area contributed by atoms with Crippen molar-refractivity contribution in [3.05, 3.63) is 45.1 Å². The highest BCUT2D eigenvalue weighted by Crippen LogP contribution is 2.09. The molecule has 0 radical (unpaired) electrons. The number of hydrogen-bond donors (Lipinski definition) is 2. The first kappa shape index (κ1) is 15.5. The number of benzene rings is 1. The lowest BCUT2D eigenvalue weighted by Gasteiger charge is -2.34. The van der Waals surface area contributed by atoms with Crippen molar-refractivity contribution in [3.8, 4) is 0 Å². The van der Waals surface area contributed by atoms with Gasteiger partial charge in [0.25, 0.3) is 5.56 Å². The summed E-state index contributed by atoms with van der Waals surface area (Å²) >= 11 is 0. The number of nitrogens with one attached hydrogen (secondary N) is 2. The fourth-order valence-corrected chi connectivity index (χ4v) is 3.03. The van der Waals surface area contributed by atoms with Crippen LogP contribution >= 0.6 is 0 Å². The van der Waals surface area contributed by atoms with E-state index in [0.717, 1.165) is 13.1 Å². The second-order valence-corrected chi connectivity index (χ2v) is 5.82. The van der Waals surface area contributed by atoms with E-state index < -0.39 is 11.2 Å². The molecule has 3 rings (SSSR count).